The van der Waals surface area contributed by atoms with Gasteiger partial charge in [-0.25, -0.2) is 0 Å². The molecular formula is C59H47BN2O4. The molecule has 0 saturated carbocycles. The maximum atomic E-state index is 7.20. The minimum Gasteiger partial charge on any atom is -0.456 e. The first-order valence-electron chi connectivity index (χ1n) is 22.9. The number of rotatable bonds is 4. The van der Waals surface area contributed by atoms with E-state index in [4.69, 9.17) is 17.7 Å². The Labute approximate surface area is 383 Å². The molecule has 0 N–H and O–H groups in total. The van der Waals surface area contributed by atoms with Crippen molar-refractivity contribution in [2.75, 3.05) is 9.80 Å². The van der Waals surface area contributed by atoms with Gasteiger partial charge in [0.05, 0.1) is 0 Å². The van der Waals surface area contributed by atoms with Crippen molar-refractivity contribution < 1.29 is 17.7 Å². The number of furan rings is 4. The molecule has 6 heterocycles. The number of hydrogen-bond acceptors (Lipinski definition) is 6. The SMILES string of the molecule is Cc1cc2c3c(c1)N(c1ccc(-c4cc5ccccc5o4)cc1)c1oc4ccc(C(C)(C)C)cc4c1B3c1c(oc3ccc(C(C)(C)C)cc13)N2c1ccc(-c2cc3ccccc3o2)cc1. The molecule has 2 aliphatic heterocycles. The van der Waals surface area contributed by atoms with Crippen LogP contribution in [0.4, 0.5) is 34.5 Å². The summed E-state index contributed by atoms with van der Waals surface area (Å²) in [5.41, 5.74) is 16.6. The molecule has 11 aromatic rings. The van der Waals surface area contributed by atoms with Crippen molar-refractivity contribution in [2.24, 2.45) is 0 Å². The quantitative estimate of drug-likeness (QED) is 0.164. The molecule has 0 fully saturated rings. The van der Waals surface area contributed by atoms with Crippen LogP contribution in [0, 0.1) is 6.92 Å². The maximum absolute atomic E-state index is 7.20. The summed E-state index contributed by atoms with van der Waals surface area (Å²) in [6.45, 7) is 15.7. The fraction of sp³-hybridized carbons (Fsp3) is 0.153. The van der Waals surface area contributed by atoms with Crippen LogP contribution in [0.2, 0.25) is 0 Å². The van der Waals surface area contributed by atoms with Gasteiger partial charge in [-0.3, -0.25) is 9.80 Å². The van der Waals surface area contributed by atoms with Crippen LogP contribution in [0.1, 0.15) is 58.2 Å². The summed E-state index contributed by atoms with van der Waals surface area (Å²) in [4.78, 5) is 4.68. The summed E-state index contributed by atoms with van der Waals surface area (Å²) < 4.78 is 27.1. The molecule has 66 heavy (non-hydrogen) atoms. The van der Waals surface area contributed by atoms with Gasteiger partial charge in [-0.2, -0.15) is 0 Å². The van der Waals surface area contributed by atoms with Gasteiger partial charge in [0.1, 0.15) is 33.9 Å². The average Bonchev–Trinajstić information content (AvgIpc) is 4.11. The molecule has 0 saturated heterocycles. The van der Waals surface area contributed by atoms with Gasteiger partial charge >= 0.3 is 0 Å². The van der Waals surface area contributed by atoms with Gasteiger partial charge in [-0.1, -0.05) is 90.1 Å². The lowest BCUT2D eigenvalue weighted by atomic mass is 9.33. The lowest BCUT2D eigenvalue weighted by molar-refractivity contribution is 0.589. The smallest absolute Gasteiger partial charge is 0.262 e. The first-order valence-corrected chi connectivity index (χ1v) is 22.9. The van der Waals surface area contributed by atoms with Gasteiger partial charge in [0, 0.05) is 66.3 Å². The second kappa shape index (κ2) is 13.7. The molecule has 0 aliphatic carbocycles. The van der Waals surface area contributed by atoms with Crippen molar-refractivity contribution in [1.82, 2.24) is 0 Å². The van der Waals surface area contributed by atoms with E-state index >= 15 is 0 Å². The third-order valence-corrected chi connectivity index (χ3v) is 13.9. The highest BCUT2D eigenvalue weighted by atomic mass is 16.4. The van der Waals surface area contributed by atoms with E-state index in [0.29, 0.717) is 0 Å². The fourth-order valence-electron chi connectivity index (χ4n) is 10.4. The first-order chi connectivity index (χ1) is 31.9. The summed E-state index contributed by atoms with van der Waals surface area (Å²) in [5.74, 6) is 3.31. The van der Waals surface area contributed by atoms with Gasteiger partial charge in [0.15, 0.2) is 0 Å². The van der Waals surface area contributed by atoms with Crippen molar-refractivity contribution in [3.05, 3.63) is 174 Å². The number of fused-ring (bicyclic) bond motifs is 10. The number of aryl methyl sites for hydroxylation is 1. The fourth-order valence-corrected chi connectivity index (χ4v) is 10.4. The third-order valence-electron chi connectivity index (χ3n) is 13.9. The van der Waals surface area contributed by atoms with Crippen LogP contribution in [0.5, 0.6) is 0 Å². The second-order valence-electron chi connectivity index (χ2n) is 20.3. The van der Waals surface area contributed by atoms with Gasteiger partial charge in [-0.05, 0) is 149 Å². The van der Waals surface area contributed by atoms with Crippen LogP contribution in [0.15, 0.2) is 175 Å². The van der Waals surface area contributed by atoms with E-state index in [1.165, 1.54) is 16.6 Å². The molecule has 0 radical (unpaired) electrons. The van der Waals surface area contributed by atoms with Gasteiger partial charge < -0.3 is 17.7 Å². The molecule has 13 rings (SSSR count). The van der Waals surface area contributed by atoms with E-state index in [-0.39, 0.29) is 17.5 Å². The molecule has 2 aliphatic rings. The number of benzene rings is 7. The van der Waals surface area contributed by atoms with Crippen LogP contribution >= 0.6 is 0 Å². The summed E-state index contributed by atoms with van der Waals surface area (Å²) in [6, 6.07) is 56.1. The van der Waals surface area contributed by atoms with E-state index in [2.05, 4.69) is 180 Å². The minimum atomic E-state index is -0.203. The lowest BCUT2D eigenvalue weighted by Crippen LogP contribution is -2.60. The van der Waals surface area contributed by atoms with E-state index in [9.17, 15) is 0 Å². The summed E-state index contributed by atoms with van der Waals surface area (Å²) >= 11 is 0. The largest absolute Gasteiger partial charge is 0.456 e. The highest BCUT2D eigenvalue weighted by molar-refractivity contribution is 7.02. The zero-order valence-electron chi connectivity index (χ0n) is 38.1. The molecule has 0 amide bonds. The first kappa shape index (κ1) is 38.8. The Morgan fingerprint density at radius 2 is 0.833 bits per heavy atom. The van der Waals surface area contributed by atoms with Crippen LogP contribution in [0.25, 0.3) is 66.5 Å². The van der Waals surface area contributed by atoms with Crippen LogP contribution < -0.4 is 26.2 Å². The Balaban J connectivity index is 1.07. The van der Waals surface area contributed by atoms with Gasteiger partial charge in [-0.15, -0.1) is 0 Å². The molecule has 6 nitrogen and oxygen atoms in total. The molecule has 7 aromatic carbocycles. The molecule has 0 atom stereocenters. The molecule has 4 aromatic heterocycles. The van der Waals surface area contributed by atoms with E-state index in [0.717, 1.165) is 118 Å². The highest BCUT2D eigenvalue weighted by Gasteiger charge is 2.49. The maximum Gasteiger partial charge on any atom is 0.262 e. The third kappa shape index (κ3) is 5.82. The van der Waals surface area contributed by atoms with Crippen molar-refractivity contribution in [2.45, 2.75) is 59.3 Å². The Morgan fingerprint density at radius 3 is 1.24 bits per heavy atom. The monoisotopic (exact) mass is 858 g/mol. The average molecular weight is 859 g/mol. The van der Waals surface area contributed by atoms with Crippen LogP contribution in [-0.2, 0) is 10.8 Å². The number of hydrogen-bond donors (Lipinski definition) is 0. The number of anilines is 6. The topological polar surface area (TPSA) is 59.0 Å². The van der Waals surface area contributed by atoms with E-state index < -0.39 is 0 Å². The normalized spacial score (nSPS) is 13.6. The van der Waals surface area contributed by atoms with Crippen LogP contribution in [0.3, 0.4) is 0 Å². The number of para-hydroxylation sites is 2. The van der Waals surface area contributed by atoms with Crippen molar-refractivity contribution in [1.29, 1.82) is 0 Å². The predicted molar refractivity (Wildman–Crippen MR) is 273 cm³/mol. The molecule has 0 spiro atoms. The Kier molecular flexibility index (Phi) is 8.05. The Hall–Kier alpha value is -7.64. The molecule has 0 bridgehead atoms. The summed E-state index contributed by atoms with van der Waals surface area (Å²) in [6.07, 6.45) is 0. The lowest BCUT2D eigenvalue weighted by Gasteiger charge is -2.40. The molecular weight excluding hydrogens is 811 g/mol. The molecule has 320 valence electrons. The van der Waals surface area contributed by atoms with E-state index in [1.807, 2.05) is 36.4 Å². The second-order valence-corrected chi connectivity index (χ2v) is 20.3. The van der Waals surface area contributed by atoms with Crippen molar-refractivity contribution in [3.63, 3.8) is 0 Å². The Morgan fingerprint density at radius 1 is 0.409 bits per heavy atom. The predicted octanol–water partition coefficient (Wildman–Crippen LogP) is 15.0. The standard InChI is InChI=1S/C59H47BN2O4/c1-34-28-45-55-46(29-34)62(42-24-18-36(19-25-42)52-31-38-13-9-11-15-48(38)64-52)57-54(44-33-40(59(5,6)7)21-27-50(44)66-57)60(55)53-43-32-39(58(2,3)4)20-26-49(43)65-56(53)61(45)41-22-16-35(17-23-41)51-30-37-12-8-10-14-47(37)63-51/h8-33H,1-7H3. The van der Waals surface area contributed by atoms with E-state index in [1.54, 1.807) is 0 Å². The summed E-state index contributed by atoms with van der Waals surface area (Å²) in [7, 11) is 0. The minimum absolute atomic E-state index is 0.0770. The van der Waals surface area contributed by atoms with Crippen molar-refractivity contribution >= 4 is 101 Å². The van der Waals surface area contributed by atoms with Gasteiger partial charge in [0.25, 0.3) is 6.71 Å². The highest BCUT2D eigenvalue weighted by Crippen LogP contribution is 2.49. The van der Waals surface area contributed by atoms with Crippen LogP contribution in [-0.4, -0.2) is 6.71 Å². The zero-order chi connectivity index (χ0) is 44.8. The van der Waals surface area contributed by atoms with Gasteiger partial charge in [0.2, 0.25) is 11.8 Å². The van der Waals surface area contributed by atoms with Crippen molar-refractivity contribution in [3.8, 4) is 22.6 Å². The Bertz CT molecular complexity index is 3450. The molecule has 7 heteroatoms. The summed E-state index contributed by atoms with van der Waals surface area (Å²) in [5, 5.41) is 4.39. The number of nitrogens with zero attached hydrogens (tertiary/aromatic N) is 2. The molecule has 0 unspecified atom stereocenters. The zero-order valence-corrected chi connectivity index (χ0v) is 38.1.